The third kappa shape index (κ3) is 4.89. The van der Waals surface area contributed by atoms with Gasteiger partial charge in [0.2, 0.25) is 10.0 Å². The molecule has 0 aromatic heterocycles. The number of carbonyl (C=O) groups excluding carboxylic acids is 1. The van der Waals surface area contributed by atoms with Crippen molar-refractivity contribution in [3.8, 4) is 0 Å². The maximum atomic E-state index is 12.7. The molecule has 3 rings (SSSR count). The topological polar surface area (TPSA) is 66.5 Å². The molecule has 0 unspecified atom stereocenters. The number of amides is 1. The zero-order chi connectivity index (χ0) is 19.5. The number of hydrogen-bond donors (Lipinski definition) is 1. The summed E-state index contributed by atoms with van der Waals surface area (Å²) in [5, 5.41) is 2.92. The molecule has 2 fully saturated rings. The summed E-state index contributed by atoms with van der Waals surface area (Å²) in [6, 6.07) is 7.11. The first-order valence-electron chi connectivity index (χ1n) is 10.0. The fourth-order valence-corrected chi connectivity index (χ4v) is 5.78. The van der Waals surface area contributed by atoms with Gasteiger partial charge in [0.1, 0.15) is 0 Å². The first-order chi connectivity index (χ1) is 12.8. The normalized spacial score (nSPS) is 19.9. The summed E-state index contributed by atoms with van der Waals surface area (Å²) in [6.07, 6.45) is 7.80. The largest absolute Gasteiger partial charge is 0.321 e. The molecule has 1 saturated heterocycles. The first kappa shape index (κ1) is 20.3. The summed E-state index contributed by atoms with van der Waals surface area (Å²) in [4.78, 5) is 12.8. The lowest BCUT2D eigenvalue weighted by Gasteiger charge is -2.35. The molecule has 150 valence electrons. The number of nitrogens with one attached hydrogen (secondary N) is 1. The Morgan fingerprint density at radius 1 is 1.04 bits per heavy atom. The van der Waals surface area contributed by atoms with Gasteiger partial charge in [-0.3, -0.25) is 4.79 Å². The van der Waals surface area contributed by atoms with E-state index < -0.39 is 10.0 Å². The molecule has 1 heterocycles. The number of hydrogen-bond acceptors (Lipinski definition) is 3. The fourth-order valence-electron chi connectivity index (χ4n) is 4.27. The lowest BCUT2D eigenvalue weighted by Crippen LogP contribution is -2.51. The number of rotatable bonds is 6. The van der Waals surface area contributed by atoms with Crippen LogP contribution < -0.4 is 5.32 Å². The lowest BCUT2D eigenvalue weighted by atomic mass is 10.2. The van der Waals surface area contributed by atoms with Crippen LogP contribution in [0.15, 0.2) is 29.2 Å². The van der Waals surface area contributed by atoms with Gasteiger partial charge >= 0.3 is 0 Å². The van der Waals surface area contributed by atoms with Crippen LogP contribution in [0.25, 0.3) is 0 Å². The van der Waals surface area contributed by atoms with Crippen LogP contribution >= 0.6 is 0 Å². The second-order valence-electron chi connectivity index (χ2n) is 8.41. The van der Waals surface area contributed by atoms with Gasteiger partial charge in [-0.2, -0.15) is 4.31 Å². The Kier molecular flexibility index (Phi) is 6.23. The van der Waals surface area contributed by atoms with E-state index in [9.17, 15) is 13.2 Å². The standard InChI is InChI=1S/C20H31N3O3S/c1-23(2,18-8-4-5-9-18)16-20(24)21-17-10-12-19(13-11-17)27(25,26)22-14-6-3-7-15-22/h10-13,18H,3-9,14-16H2,1-2H3/p+1. The van der Waals surface area contributed by atoms with E-state index in [4.69, 9.17) is 0 Å². The van der Waals surface area contributed by atoms with Crippen LogP contribution in [0.1, 0.15) is 44.9 Å². The number of carbonyl (C=O) groups is 1. The number of anilines is 1. The van der Waals surface area contributed by atoms with E-state index >= 15 is 0 Å². The highest BCUT2D eigenvalue weighted by molar-refractivity contribution is 7.89. The van der Waals surface area contributed by atoms with Gasteiger partial charge in [0.25, 0.3) is 5.91 Å². The minimum atomic E-state index is -3.43. The lowest BCUT2D eigenvalue weighted by molar-refractivity contribution is -0.906. The third-order valence-corrected chi connectivity index (χ3v) is 7.87. The maximum absolute atomic E-state index is 12.7. The number of nitrogens with zero attached hydrogens (tertiary/aromatic N) is 2. The highest BCUT2D eigenvalue weighted by Crippen LogP contribution is 2.27. The average Bonchev–Trinajstić information content (AvgIpc) is 3.18. The Morgan fingerprint density at radius 3 is 2.22 bits per heavy atom. The van der Waals surface area contributed by atoms with Gasteiger partial charge in [-0.15, -0.1) is 0 Å². The Labute approximate surface area is 163 Å². The van der Waals surface area contributed by atoms with E-state index in [-0.39, 0.29) is 5.91 Å². The van der Waals surface area contributed by atoms with Gasteiger partial charge in [0.05, 0.1) is 25.0 Å². The van der Waals surface area contributed by atoms with Crippen molar-refractivity contribution in [2.24, 2.45) is 0 Å². The number of quaternary nitrogens is 1. The van der Waals surface area contributed by atoms with Crippen molar-refractivity contribution in [1.82, 2.24) is 4.31 Å². The highest BCUT2D eigenvalue weighted by atomic mass is 32.2. The molecule has 2 aliphatic rings. The predicted molar refractivity (Wildman–Crippen MR) is 107 cm³/mol. The van der Waals surface area contributed by atoms with Crippen LogP contribution in [0.3, 0.4) is 0 Å². The summed E-state index contributed by atoms with van der Waals surface area (Å²) in [6.45, 7) is 1.61. The van der Waals surface area contributed by atoms with E-state index in [1.165, 1.54) is 25.7 Å². The molecule has 1 aromatic carbocycles. The van der Waals surface area contributed by atoms with Gasteiger partial charge in [-0.25, -0.2) is 8.42 Å². The van der Waals surface area contributed by atoms with Crippen molar-refractivity contribution in [2.75, 3.05) is 39.0 Å². The van der Waals surface area contributed by atoms with Crippen molar-refractivity contribution >= 4 is 21.6 Å². The molecule has 1 aliphatic carbocycles. The molecule has 0 spiro atoms. The van der Waals surface area contributed by atoms with E-state index in [2.05, 4.69) is 19.4 Å². The van der Waals surface area contributed by atoms with Crippen molar-refractivity contribution in [1.29, 1.82) is 0 Å². The van der Waals surface area contributed by atoms with Gasteiger partial charge < -0.3 is 9.80 Å². The molecular weight excluding hydrogens is 362 g/mol. The zero-order valence-corrected chi connectivity index (χ0v) is 17.3. The third-order valence-electron chi connectivity index (χ3n) is 5.96. The maximum Gasteiger partial charge on any atom is 0.279 e. The monoisotopic (exact) mass is 394 g/mol. The molecule has 7 heteroatoms. The number of benzene rings is 1. The number of sulfonamides is 1. The molecule has 1 N–H and O–H groups in total. The minimum Gasteiger partial charge on any atom is -0.321 e. The molecule has 1 aliphatic heterocycles. The molecule has 0 atom stereocenters. The van der Waals surface area contributed by atoms with E-state index in [1.54, 1.807) is 28.6 Å². The van der Waals surface area contributed by atoms with Crippen LogP contribution in [-0.4, -0.2) is 62.9 Å². The van der Waals surface area contributed by atoms with Crippen LogP contribution in [0.4, 0.5) is 5.69 Å². The van der Waals surface area contributed by atoms with E-state index in [0.717, 1.165) is 19.3 Å². The van der Waals surface area contributed by atoms with Gasteiger partial charge in [-0.1, -0.05) is 6.42 Å². The second-order valence-corrected chi connectivity index (χ2v) is 10.4. The zero-order valence-electron chi connectivity index (χ0n) is 16.5. The van der Waals surface area contributed by atoms with Crippen LogP contribution in [0, 0.1) is 0 Å². The SMILES string of the molecule is C[N+](C)(CC(=O)Nc1ccc(S(=O)(=O)N2CCCCC2)cc1)C1CCCC1. The molecule has 27 heavy (non-hydrogen) atoms. The summed E-state index contributed by atoms with van der Waals surface area (Å²) in [5.41, 5.74) is 0.643. The average molecular weight is 395 g/mol. The summed E-state index contributed by atoms with van der Waals surface area (Å²) >= 11 is 0. The Bertz CT molecular complexity index is 747. The predicted octanol–water partition coefficient (Wildman–Crippen LogP) is 2.82. The molecule has 0 bridgehead atoms. The molecule has 6 nitrogen and oxygen atoms in total. The molecule has 0 radical (unpaired) electrons. The van der Waals surface area contributed by atoms with Crippen LogP contribution in [0.5, 0.6) is 0 Å². The molecule has 1 aromatic rings. The summed E-state index contributed by atoms with van der Waals surface area (Å²) < 4.78 is 27.6. The summed E-state index contributed by atoms with van der Waals surface area (Å²) in [5.74, 6) is -0.0291. The van der Waals surface area contributed by atoms with Gasteiger partial charge in [-0.05, 0) is 62.8 Å². The highest BCUT2D eigenvalue weighted by Gasteiger charge is 2.33. The van der Waals surface area contributed by atoms with Gasteiger partial charge in [0.15, 0.2) is 6.54 Å². The van der Waals surface area contributed by atoms with E-state index in [1.807, 2.05) is 0 Å². The van der Waals surface area contributed by atoms with Crippen molar-refractivity contribution < 1.29 is 17.7 Å². The Morgan fingerprint density at radius 2 is 1.63 bits per heavy atom. The Balaban J connectivity index is 1.61. The molecule has 1 saturated carbocycles. The Hall–Kier alpha value is -1.44. The summed E-state index contributed by atoms with van der Waals surface area (Å²) in [7, 11) is 0.800. The van der Waals surface area contributed by atoms with Crippen LogP contribution in [0.2, 0.25) is 0 Å². The number of likely N-dealkylation sites (N-methyl/N-ethyl adjacent to an activating group) is 1. The quantitative estimate of drug-likeness (QED) is 0.755. The van der Waals surface area contributed by atoms with Gasteiger partial charge in [0, 0.05) is 18.8 Å². The van der Waals surface area contributed by atoms with Crippen molar-refractivity contribution in [3.63, 3.8) is 0 Å². The number of piperidine rings is 1. The smallest absolute Gasteiger partial charge is 0.279 e. The fraction of sp³-hybridized carbons (Fsp3) is 0.650. The van der Waals surface area contributed by atoms with Crippen LogP contribution in [-0.2, 0) is 14.8 Å². The molecular formula is C20H32N3O3S+. The van der Waals surface area contributed by atoms with Crippen molar-refractivity contribution in [2.45, 2.75) is 55.9 Å². The van der Waals surface area contributed by atoms with Crippen molar-refractivity contribution in [3.05, 3.63) is 24.3 Å². The minimum absolute atomic E-state index is 0.0291. The first-order valence-corrected chi connectivity index (χ1v) is 11.5. The molecule has 1 amide bonds. The second kappa shape index (κ2) is 8.29. The van der Waals surface area contributed by atoms with E-state index in [0.29, 0.717) is 40.7 Å².